The molecule has 0 saturated heterocycles. The molecule has 0 aromatic rings. The number of unbranched alkanes of at least 4 members (excludes halogenated alkanes) is 13. The molecule has 2 atom stereocenters. The molecule has 0 heterocycles. The summed E-state index contributed by atoms with van der Waals surface area (Å²) in [6.07, 6.45) is 18.4. The van der Waals surface area contributed by atoms with E-state index in [1.54, 1.807) is 6.92 Å². The number of nitrogens with two attached hydrogens (primary N) is 1. The summed E-state index contributed by atoms with van der Waals surface area (Å²) < 4.78 is 38.0. The summed E-state index contributed by atoms with van der Waals surface area (Å²) in [7, 11) is -4.19. The van der Waals surface area contributed by atoms with Crippen LogP contribution < -0.4 is 5.73 Å². The summed E-state index contributed by atoms with van der Waals surface area (Å²) >= 11 is 0. The van der Waals surface area contributed by atoms with Gasteiger partial charge in [0.2, 0.25) is 0 Å². The highest BCUT2D eigenvalue weighted by Gasteiger charge is 2.23. The lowest BCUT2D eigenvalue weighted by Crippen LogP contribution is -2.26. The first kappa shape index (κ1) is 36.5. The summed E-state index contributed by atoms with van der Waals surface area (Å²) in [5, 5.41) is 0. The van der Waals surface area contributed by atoms with E-state index in [2.05, 4.69) is 6.92 Å². The summed E-state index contributed by atoms with van der Waals surface area (Å²) in [5.41, 5.74) is 5.30. The van der Waals surface area contributed by atoms with Gasteiger partial charge in [0, 0.05) is 26.2 Å². The molecular weight excluding hydrogens is 497 g/mol. The number of phosphoric ester groups is 1. The molecule has 0 radical (unpaired) electrons. The topological polar surface area (TPSA) is 127 Å². The number of carbonyl (C=O) groups is 1. The van der Waals surface area contributed by atoms with Crippen molar-refractivity contribution in [3.63, 3.8) is 0 Å². The van der Waals surface area contributed by atoms with Crippen LogP contribution in [0.4, 0.5) is 0 Å². The zero-order valence-electron chi connectivity index (χ0n) is 23.7. The van der Waals surface area contributed by atoms with E-state index >= 15 is 0 Å². The van der Waals surface area contributed by atoms with E-state index in [0.29, 0.717) is 19.6 Å². The number of carbonyl (C=O) groups excluding carboxylic acids is 1. The Morgan fingerprint density at radius 3 is 1.86 bits per heavy atom. The van der Waals surface area contributed by atoms with Gasteiger partial charge in [0.1, 0.15) is 6.10 Å². The lowest BCUT2D eigenvalue weighted by molar-refractivity contribution is -0.143. The second-order valence-electron chi connectivity index (χ2n) is 9.46. The van der Waals surface area contributed by atoms with Crippen molar-refractivity contribution in [1.82, 2.24) is 0 Å². The average Bonchev–Trinajstić information content (AvgIpc) is 2.88. The van der Waals surface area contributed by atoms with Crippen LogP contribution in [0.25, 0.3) is 0 Å². The first-order valence-electron chi connectivity index (χ1n) is 14.6. The standard InChI is InChI=1S/C27H56NO8P/c1-3-5-6-7-8-9-10-11-12-13-14-15-16-17-21-32-24-26(25-36-37(30,31)35-23-20-28)34-22-18-19-27(29)33-4-2/h26H,3-25,28H2,1-2H3,(H,30,31). The van der Waals surface area contributed by atoms with Crippen LogP contribution in [0.5, 0.6) is 0 Å². The largest absolute Gasteiger partial charge is 0.472 e. The quantitative estimate of drug-likeness (QED) is 0.0623. The molecule has 0 aromatic carbocycles. The van der Waals surface area contributed by atoms with Gasteiger partial charge in [-0.25, -0.2) is 4.57 Å². The number of phosphoric acid groups is 1. The zero-order valence-corrected chi connectivity index (χ0v) is 24.6. The van der Waals surface area contributed by atoms with Gasteiger partial charge in [-0.3, -0.25) is 13.8 Å². The van der Waals surface area contributed by atoms with Crippen LogP contribution in [0.3, 0.4) is 0 Å². The molecule has 0 aliphatic carbocycles. The SMILES string of the molecule is CCCCCCCCCCCCCCCCOCC(COP(=O)(O)OCCN)OCCCC(=O)OCC. The van der Waals surface area contributed by atoms with Gasteiger partial charge in [0.05, 0.1) is 26.4 Å². The van der Waals surface area contributed by atoms with E-state index in [1.807, 2.05) is 0 Å². The van der Waals surface area contributed by atoms with E-state index in [0.717, 1.165) is 12.8 Å². The molecule has 10 heteroatoms. The van der Waals surface area contributed by atoms with Crippen LogP contribution in [0.15, 0.2) is 0 Å². The Balaban J connectivity index is 3.92. The van der Waals surface area contributed by atoms with Crippen molar-refractivity contribution >= 4 is 13.8 Å². The second kappa shape index (κ2) is 27.0. The number of rotatable bonds is 29. The molecule has 0 aromatic heterocycles. The van der Waals surface area contributed by atoms with Gasteiger partial charge in [0.25, 0.3) is 0 Å². The van der Waals surface area contributed by atoms with Crippen molar-refractivity contribution in [1.29, 1.82) is 0 Å². The first-order valence-corrected chi connectivity index (χ1v) is 16.1. The van der Waals surface area contributed by atoms with Crippen LogP contribution in [-0.2, 0) is 32.6 Å². The van der Waals surface area contributed by atoms with Crippen molar-refractivity contribution in [3.05, 3.63) is 0 Å². The summed E-state index contributed by atoms with van der Waals surface area (Å²) in [5.74, 6) is -0.275. The number of esters is 1. The molecule has 0 aliphatic rings. The van der Waals surface area contributed by atoms with Gasteiger partial charge in [-0.1, -0.05) is 90.4 Å². The minimum atomic E-state index is -4.19. The minimum absolute atomic E-state index is 0.0749. The highest BCUT2D eigenvalue weighted by molar-refractivity contribution is 7.47. The molecule has 0 aliphatic heterocycles. The molecular formula is C27H56NO8P. The van der Waals surface area contributed by atoms with E-state index in [1.165, 1.54) is 77.0 Å². The van der Waals surface area contributed by atoms with Crippen molar-refractivity contribution < 1.29 is 37.5 Å². The van der Waals surface area contributed by atoms with Crippen LogP contribution >= 0.6 is 7.82 Å². The summed E-state index contributed by atoms with van der Waals surface area (Å²) in [6.45, 7) is 5.37. The highest BCUT2D eigenvalue weighted by atomic mass is 31.2. The Labute approximate surface area is 226 Å². The second-order valence-corrected chi connectivity index (χ2v) is 10.9. The van der Waals surface area contributed by atoms with Gasteiger partial charge in [-0.05, 0) is 19.8 Å². The lowest BCUT2D eigenvalue weighted by atomic mass is 10.0. The number of ether oxygens (including phenoxy) is 3. The van der Waals surface area contributed by atoms with Crippen molar-refractivity contribution in [3.8, 4) is 0 Å². The molecule has 2 unspecified atom stereocenters. The van der Waals surface area contributed by atoms with Gasteiger partial charge in [-0.15, -0.1) is 0 Å². The highest BCUT2D eigenvalue weighted by Crippen LogP contribution is 2.43. The van der Waals surface area contributed by atoms with Gasteiger partial charge in [0.15, 0.2) is 0 Å². The van der Waals surface area contributed by atoms with Crippen molar-refractivity contribution in [2.24, 2.45) is 5.73 Å². The van der Waals surface area contributed by atoms with Gasteiger partial charge < -0.3 is 24.8 Å². The van der Waals surface area contributed by atoms with Gasteiger partial charge >= 0.3 is 13.8 Å². The Morgan fingerprint density at radius 2 is 1.32 bits per heavy atom. The molecule has 0 spiro atoms. The third-order valence-electron chi connectivity index (χ3n) is 5.93. The summed E-state index contributed by atoms with van der Waals surface area (Å²) in [6, 6.07) is 0. The molecule has 0 bridgehead atoms. The monoisotopic (exact) mass is 553 g/mol. The van der Waals surface area contributed by atoms with E-state index in [9.17, 15) is 14.3 Å². The van der Waals surface area contributed by atoms with Crippen molar-refractivity contribution in [2.45, 2.75) is 123 Å². The van der Waals surface area contributed by atoms with E-state index in [4.69, 9.17) is 29.0 Å². The zero-order chi connectivity index (χ0) is 27.5. The van der Waals surface area contributed by atoms with Crippen LogP contribution in [-0.4, -0.2) is 63.2 Å². The maximum atomic E-state index is 11.9. The molecule has 0 rings (SSSR count). The fourth-order valence-electron chi connectivity index (χ4n) is 3.84. The van der Waals surface area contributed by atoms with Crippen LogP contribution in [0, 0.1) is 0 Å². The molecule has 0 fully saturated rings. The molecule has 222 valence electrons. The molecule has 0 amide bonds. The fraction of sp³-hybridized carbons (Fsp3) is 0.963. The average molecular weight is 554 g/mol. The predicted molar refractivity (Wildman–Crippen MR) is 148 cm³/mol. The first-order chi connectivity index (χ1) is 17.9. The maximum absolute atomic E-state index is 11.9. The predicted octanol–water partition coefficient (Wildman–Crippen LogP) is 6.31. The van der Waals surface area contributed by atoms with Gasteiger partial charge in [-0.2, -0.15) is 0 Å². The normalized spacial score (nSPS) is 13.9. The Bertz CT molecular complexity index is 552. The number of hydrogen-bond donors (Lipinski definition) is 2. The summed E-state index contributed by atoms with van der Waals surface area (Å²) in [4.78, 5) is 21.2. The molecule has 3 N–H and O–H groups in total. The van der Waals surface area contributed by atoms with Crippen LogP contribution in [0.2, 0.25) is 0 Å². The molecule has 0 saturated carbocycles. The maximum Gasteiger partial charge on any atom is 0.472 e. The van der Waals surface area contributed by atoms with E-state index in [-0.39, 0.29) is 45.4 Å². The minimum Gasteiger partial charge on any atom is -0.466 e. The third kappa shape index (κ3) is 26.8. The Morgan fingerprint density at radius 1 is 0.757 bits per heavy atom. The third-order valence-corrected chi connectivity index (χ3v) is 6.91. The van der Waals surface area contributed by atoms with E-state index < -0.39 is 13.9 Å². The number of hydrogen-bond acceptors (Lipinski definition) is 8. The van der Waals surface area contributed by atoms with Crippen LogP contribution in [0.1, 0.15) is 117 Å². The van der Waals surface area contributed by atoms with Crippen molar-refractivity contribution in [2.75, 3.05) is 46.2 Å². The molecule has 37 heavy (non-hydrogen) atoms. The Hall–Kier alpha value is -0.540. The Kier molecular flexibility index (Phi) is 26.6. The molecule has 9 nitrogen and oxygen atoms in total. The fourth-order valence-corrected chi connectivity index (χ4v) is 4.61. The lowest BCUT2D eigenvalue weighted by Gasteiger charge is -2.20. The smallest absolute Gasteiger partial charge is 0.466 e.